The van der Waals surface area contributed by atoms with Crippen molar-refractivity contribution in [1.29, 1.82) is 5.41 Å². The second-order valence-corrected chi connectivity index (χ2v) is 6.24. The molecule has 130 valence electrons. The van der Waals surface area contributed by atoms with Crippen molar-refractivity contribution in [2.45, 2.75) is 0 Å². The molecule has 0 spiro atoms. The number of nitrogens with two attached hydrogens (primary N) is 1. The molecule has 0 aliphatic heterocycles. The van der Waals surface area contributed by atoms with E-state index >= 15 is 0 Å². The Morgan fingerprint density at radius 1 is 1.38 bits per heavy atom. The van der Waals surface area contributed by atoms with Gasteiger partial charge in [0.05, 0.1) is 5.02 Å². The Kier molecular flexibility index (Phi) is 5.66. The fraction of sp³-hybridized carbons (Fsp3) is 0.182. The zero-order chi connectivity index (χ0) is 17.7. The summed E-state index contributed by atoms with van der Waals surface area (Å²) in [4.78, 5) is 0. The first-order valence-electron chi connectivity index (χ1n) is 6.41. The van der Waals surface area contributed by atoms with E-state index in [1.54, 1.807) is 0 Å². The molecule has 10 nitrogen and oxygen atoms in total. The van der Waals surface area contributed by atoms with Crippen molar-refractivity contribution in [3.8, 4) is 0 Å². The topological polar surface area (TPSA) is 159 Å². The predicted molar refractivity (Wildman–Crippen MR) is 85.8 cm³/mol. The van der Waals surface area contributed by atoms with Crippen molar-refractivity contribution in [2.75, 3.05) is 23.7 Å². The summed E-state index contributed by atoms with van der Waals surface area (Å²) in [5.74, 6) is -0.640. The van der Waals surface area contributed by atoms with E-state index in [1.807, 2.05) is 0 Å². The summed E-state index contributed by atoms with van der Waals surface area (Å²) >= 11 is 5.66. The Bertz CT molecular complexity index is 842. The second kappa shape index (κ2) is 7.53. The highest BCUT2D eigenvalue weighted by molar-refractivity contribution is 7.87. The largest absolute Gasteiger partial charge is 0.364 e. The number of rotatable bonds is 7. The van der Waals surface area contributed by atoms with Gasteiger partial charge in [-0.05, 0) is 28.5 Å². The van der Waals surface area contributed by atoms with E-state index in [0.29, 0.717) is 5.69 Å². The minimum Gasteiger partial charge on any atom is -0.364 e. The van der Waals surface area contributed by atoms with Crippen LogP contribution in [-0.2, 0) is 10.2 Å². The minimum atomic E-state index is -3.79. The van der Waals surface area contributed by atoms with Gasteiger partial charge in [-0.25, -0.2) is 18.9 Å². The van der Waals surface area contributed by atoms with Gasteiger partial charge in [0.15, 0.2) is 11.5 Å². The molecule has 0 radical (unpaired) electrons. The Morgan fingerprint density at radius 3 is 2.79 bits per heavy atom. The van der Waals surface area contributed by atoms with Crippen LogP contribution in [0.15, 0.2) is 22.8 Å². The quantitative estimate of drug-likeness (QED) is 0.267. The molecule has 0 saturated heterocycles. The summed E-state index contributed by atoms with van der Waals surface area (Å²) in [7, 11) is -3.79. The van der Waals surface area contributed by atoms with Gasteiger partial charge in [-0.3, -0.25) is 5.41 Å². The third-order valence-corrected chi connectivity index (χ3v) is 3.53. The van der Waals surface area contributed by atoms with Gasteiger partial charge in [-0.2, -0.15) is 8.42 Å². The van der Waals surface area contributed by atoms with Crippen LogP contribution in [0.5, 0.6) is 0 Å². The predicted octanol–water partition coefficient (Wildman–Crippen LogP) is 0.505. The van der Waals surface area contributed by atoms with E-state index in [1.165, 1.54) is 12.1 Å². The molecule has 6 N–H and O–H groups in total. The highest BCUT2D eigenvalue weighted by Crippen LogP contribution is 2.20. The molecular formula is C11H13ClFN7O3S. The van der Waals surface area contributed by atoms with Crippen molar-refractivity contribution < 1.29 is 17.4 Å². The van der Waals surface area contributed by atoms with Crippen molar-refractivity contribution in [1.82, 2.24) is 15.0 Å². The van der Waals surface area contributed by atoms with E-state index in [0.717, 1.165) is 6.07 Å². The van der Waals surface area contributed by atoms with Gasteiger partial charge in [0.2, 0.25) is 5.82 Å². The number of aromatic nitrogens is 2. The first-order chi connectivity index (χ1) is 11.3. The van der Waals surface area contributed by atoms with Crippen LogP contribution in [0.2, 0.25) is 5.02 Å². The number of nitrogens with one attached hydrogen (secondary N) is 4. The molecule has 2 rings (SSSR count). The molecule has 1 aromatic heterocycles. The fourth-order valence-corrected chi connectivity index (χ4v) is 2.19. The number of benzene rings is 1. The van der Waals surface area contributed by atoms with Gasteiger partial charge in [-0.1, -0.05) is 11.6 Å². The maximum atomic E-state index is 13.1. The van der Waals surface area contributed by atoms with Crippen LogP contribution in [0.3, 0.4) is 0 Å². The van der Waals surface area contributed by atoms with Crippen molar-refractivity contribution >= 4 is 39.2 Å². The molecule has 0 unspecified atom stereocenters. The molecule has 0 amide bonds. The maximum absolute atomic E-state index is 13.1. The van der Waals surface area contributed by atoms with Crippen molar-refractivity contribution in [3.05, 3.63) is 34.7 Å². The molecule has 0 atom stereocenters. The third-order valence-electron chi connectivity index (χ3n) is 2.63. The zero-order valence-electron chi connectivity index (χ0n) is 12.0. The summed E-state index contributed by atoms with van der Waals surface area (Å²) in [6.07, 6.45) is 0. The van der Waals surface area contributed by atoms with Crippen LogP contribution >= 0.6 is 11.6 Å². The van der Waals surface area contributed by atoms with Gasteiger partial charge in [-0.15, -0.1) is 0 Å². The fourth-order valence-electron chi connectivity index (χ4n) is 1.62. The zero-order valence-corrected chi connectivity index (χ0v) is 13.6. The monoisotopic (exact) mass is 377 g/mol. The van der Waals surface area contributed by atoms with E-state index in [4.69, 9.17) is 22.1 Å². The molecule has 0 bridgehead atoms. The Balaban J connectivity index is 1.98. The highest BCUT2D eigenvalue weighted by Gasteiger charge is 2.15. The van der Waals surface area contributed by atoms with Crippen molar-refractivity contribution in [3.63, 3.8) is 0 Å². The summed E-state index contributed by atoms with van der Waals surface area (Å²) < 4.78 is 41.2. The van der Waals surface area contributed by atoms with Crippen LogP contribution in [-0.4, -0.2) is 37.7 Å². The van der Waals surface area contributed by atoms with E-state index in [9.17, 15) is 12.8 Å². The highest BCUT2D eigenvalue weighted by atomic mass is 35.5. The van der Waals surface area contributed by atoms with Crippen molar-refractivity contribution in [2.24, 2.45) is 5.14 Å². The van der Waals surface area contributed by atoms with Gasteiger partial charge < -0.3 is 10.6 Å². The summed E-state index contributed by atoms with van der Waals surface area (Å²) in [6.45, 7) is 0.132. The lowest BCUT2D eigenvalue weighted by atomic mass is 10.3. The molecule has 0 saturated carbocycles. The first-order valence-corrected chi connectivity index (χ1v) is 8.33. The van der Waals surface area contributed by atoms with Crippen LogP contribution in [0, 0.1) is 11.2 Å². The summed E-state index contributed by atoms with van der Waals surface area (Å²) in [5.41, 5.74) is 0.419. The normalized spacial score (nSPS) is 11.3. The average Bonchev–Trinajstić information content (AvgIpc) is 2.95. The Hall–Kier alpha value is -2.28. The smallest absolute Gasteiger partial charge is 0.274 e. The lowest BCUT2D eigenvalue weighted by Gasteiger charge is -2.08. The van der Waals surface area contributed by atoms with Gasteiger partial charge in [0.1, 0.15) is 5.82 Å². The molecular weight excluding hydrogens is 365 g/mol. The standard InChI is InChI=1S/C11H13ClFN7O3S/c12-7-5-6(1-2-8(7)13)18-10(14)9-11(20-23-19-9)16-3-4-17-24(15,21)22/h1-2,5,17H,3-4H2,(H2,14,18)(H,16,20)(H2,15,21,22). The molecule has 0 fully saturated rings. The minimum absolute atomic E-state index is 0.000530. The molecule has 2 aromatic rings. The summed E-state index contributed by atoms with van der Waals surface area (Å²) in [6, 6.07) is 3.85. The molecule has 1 aromatic carbocycles. The number of anilines is 2. The Labute approximate surface area is 141 Å². The van der Waals surface area contributed by atoms with Crippen LogP contribution in [0.25, 0.3) is 0 Å². The summed E-state index contributed by atoms with van der Waals surface area (Å²) in [5, 5.41) is 25.2. The maximum Gasteiger partial charge on any atom is 0.274 e. The number of halogens is 2. The lowest BCUT2D eigenvalue weighted by molar-refractivity contribution is 0.308. The van der Waals surface area contributed by atoms with E-state index in [-0.39, 0.29) is 35.5 Å². The van der Waals surface area contributed by atoms with Crippen LogP contribution < -0.4 is 20.5 Å². The number of amidine groups is 1. The van der Waals surface area contributed by atoms with Gasteiger partial charge in [0, 0.05) is 18.8 Å². The average molecular weight is 378 g/mol. The van der Waals surface area contributed by atoms with E-state index in [2.05, 4.69) is 30.3 Å². The second-order valence-electron chi connectivity index (χ2n) is 4.46. The van der Waals surface area contributed by atoms with E-state index < -0.39 is 16.0 Å². The number of hydrogen-bond acceptors (Lipinski definition) is 7. The Morgan fingerprint density at radius 2 is 2.12 bits per heavy atom. The molecule has 0 aliphatic carbocycles. The SMILES string of the molecule is N=C(Nc1ccc(F)c(Cl)c1)c1nonc1NCCNS(N)(=O)=O. The van der Waals surface area contributed by atoms with Gasteiger partial charge in [0.25, 0.3) is 10.2 Å². The lowest BCUT2D eigenvalue weighted by Crippen LogP contribution is -2.34. The number of hydrogen-bond donors (Lipinski definition) is 5. The molecule has 1 heterocycles. The molecule has 24 heavy (non-hydrogen) atoms. The number of nitrogens with zero attached hydrogens (tertiary/aromatic N) is 2. The third kappa shape index (κ3) is 5.13. The molecule has 13 heteroatoms. The van der Waals surface area contributed by atoms with Crippen LogP contribution in [0.4, 0.5) is 15.9 Å². The van der Waals surface area contributed by atoms with Gasteiger partial charge >= 0.3 is 0 Å². The molecule has 0 aliphatic rings. The van der Waals surface area contributed by atoms with Crippen LogP contribution in [0.1, 0.15) is 5.69 Å². The first kappa shape index (κ1) is 18.1.